The van der Waals surface area contributed by atoms with Crippen LogP contribution in [-0.4, -0.2) is 30.4 Å². The van der Waals surface area contributed by atoms with Gasteiger partial charge in [-0.15, -0.1) is 10.2 Å². The lowest BCUT2D eigenvalue weighted by Gasteiger charge is -2.08. The van der Waals surface area contributed by atoms with Crippen LogP contribution in [0.25, 0.3) is 0 Å². The van der Waals surface area contributed by atoms with E-state index in [2.05, 4.69) is 31.0 Å². The molecule has 0 aliphatic carbocycles. The van der Waals surface area contributed by atoms with Crippen molar-refractivity contribution in [3.63, 3.8) is 0 Å². The van der Waals surface area contributed by atoms with Crippen molar-refractivity contribution in [2.24, 2.45) is 43.3 Å². The number of carbonyl (C=O) groups excluding carboxylic acids is 1. The van der Waals surface area contributed by atoms with Crippen LogP contribution in [0.5, 0.6) is 0 Å². The van der Waals surface area contributed by atoms with E-state index in [1.165, 1.54) is 12.4 Å². The monoisotopic (exact) mass is 380 g/mol. The fraction of sp³-hybridized carbons (Fsp3) is 0. The normalized spacial score (nSPS) is 10.6. The quantitative estimate of drug-likeness (QED) is 0.241. The van der Waals surface area contributed by atoms with Crippen LogP contribution in [0.1, 0.15) is 11.1 Å². The van der Waals surface area contributed by atoms with Crippen molar-refractivity contribution in [2.75, 3.05) is 10.6 Å². The van der Waals surface area contributed by atoms with E-state index in [9.17, 15) is 4.79 Å². The van der Waals surface area contributed by atoms with Crippen molar-refractivity contribution in [3.05, 3.63) is 59.7 Å². The molecule has 28 heavy (non-hydrogen) atoms. The number of nitrogens with zero attached hydrogens (tertiary/aromatic N) is 4. The SMILES string of the molecule is NC(N)=N/N=C\c1ccc(NC(=O)Nc2ccc(/C=N/N=C(N)N)cc2)cc1. The highest BCUT2D eigenvalue weighted by Gasteiger charge is 2.02. The largest absolute Gasteiger partial charge is 0.369 e. The second-order valence-electron chi connectivity index (χ2n) is 5.36. The number of guanidine groups is 2. The van der Waals surface area contributed by atoms with Gasteiger partial charge in [-0.2, -0.15) is 10.2 Å². The number of nitrogens with two attached hydrogens (primary N) is 4. The minimum atomic E-state index is -0.385. The number of nitrogens with one attached hydrogen (secondary N) is 2. The van der Waals surface area contributed by atoms with Crippen LogP contribution in [0.4, 0.5) is 16.2 Å². The number of carbonyl (C=O) groups is 1. The third-order valence-corrected chi connectivity index (χ3v) is 3.10. The van der Waals surface area contributed by atoms with Crippen LogP contribution in [0.15, 0.2) is 68.9 Å². The molecule has 144 valence electrons. The molecule has 0 aliphatic rings. The Labute approximate surface area is 160 Å². The van der Waals surface area contributed by atoms with Crippen molar-refractivity contribution in [2.45, 2.75) is 0 Å². The summed E-state index contributed by atoms with van der Waals surface area (Å²) in [6.07, 6.45) is 2.98. The van der Waals surface area contributed by atoms with E-state index in [1.807, 2.05) is 0 Å². The van der Waals surface area contributed by atoms with Gasteiger partial charge in [-0.05, 0) is 35.4 Å². The topological polar surface area (TPSA) is 195 Å². The maximum absolute atomic E-state index is 12.1. The van der Waals surface area contributed by atoms with Gasteiger partial charge >= 0.3 is 6.03 Å². The Balaban J connectivity index is 1.89. The van der Waals surface area contributed by atoms with Crippen molar-refractivity contribution in [1.29, 1.82) is 0 Å². The van der Waals surface area contributed by atoms with E-state index in [0.29, 0.717) is 11.4 Å². The van der Waals surface area contributed by atoms with E-state index in [4.69, 9.17) is 22.9 Å². The van der Waals surface area contributed by atoms with E-state index in [0.717, 1.165) is 11.1 Å². The van der Waals surface area contributed by atoms with E-state index >= 15 is 0 Å². The molecule has 0 radical (unpaired) electrons. The fourth-order valence-electron chi connectivity index (χ4n) is 1.92. The van der Waals surface area contributed by atoms with Crippen LogP contribution >= 0.6 is 0 Å². The second-order valence-corrected chi connectivity index (χ2v) is 5.36. The summed E-state index contributed by atoms with van der Waals surface area (Å²) in [4.78, 5) is 12.1. The summed E-state index contributed by atoms with van der Waals surface area (Å²) in [6, 6.07) is 13.5. The Kier molecular flexibility index (Phi) is 7.05. The van der Waals surface area contributed by atoms with Gasteiger partial charge in [0.25, 0.3) is 0 Å². The van der Waals surface area contributed by atoms with Gasteiger partial charge in [0, 0.05) is 11.4 Å². The number of hydrogen-bond donors (Lipinski definition) is 6. The first-order valence-corrected chi connectivity index (χ1v) is 7.94. The molecule has 11 heteroatoms. The molecule has 0 saturated heterocycles. The number of rotatable bonds is 6. The summed E-state index contributed by atoms with van der Waals surface area (Å²) in [5.74, 6) is -0.249. The third kappa shape index (κ3) is 7.23. The maximum atomic E-state index is 12.1. The van der Waals surface area contributed by atoms with Gasteiger partial charge in [-0.25, -0.2) is 4.79 Å². The predicted octanol–water partition coefficient (Wildman–Crippen LogP) is 0.545. The third-order valence-electron chi connectivity index (χ3n) is 3.10. The number of hydrogen-bond acceptors (Lipinski definition) is 5. The van der Waals surface area contributed by atoms with Crippen LogP contribution in [0.2, 0.25) is 0 Å². The average molecular weight is 380 g/mol. The second kappa shape index (κ2) is 9.91. The van der Waals surface area contributed by atoms with Gasteiger partial charge < -0.3 is 33.6 Å². The Hall–Kier alpha value is -4.41. The molecule has 0 heterocycles. The molecule has 0 aliphatic heterocycles. The number of amides is 2. The molecule has 0 spiro atoms. The Morgan fingerprint density at radius 1 is 0.679 bits per heavy atom. The van der Waals surface area contributed by atoms with Crippen LogP contribution in [0, 0.1) is 0 Å². The van der Waals surface area contributed by atoms with Gasteiger partial charge in [0.05, 0.1) is 12.4 Å². The van der Waals surface area contributed by atoms with Crippen LogP contribution in [-0.2, 0) is 0 Å². The van der Waals surface area contributed by atoms with Crippen molar-refractivity contribution >= 4 is 41.8 Å². The Morgan fingerprint density at radius 3 is 1.36 bits per heavy atom. The number of urea groups is 1. The van der Waals surface area contributed by atoms with Gasteiger partial charge in [0.2, 0.25) is 11.9 Å². The smallest absolute Gasteiger partial charge is 0.323 e. The van der Waals surface area contributed by atoms with Gasteiger partial charge in [0.1, 0.15) is 0 Å². The average Bonchev–Trinajstić information content (AvgIpc) is 2.64. The van der Waals surface area contributed by atoms with Gasteiger partial charge in [-0.1, -0.05) is 24.3 Å². The van der Waals surface area contributed by atoms with Crippen LogP contribution in [0.3, 0.4) is 0 Å². The molecular weight excluding hydrogens is 360 g/mol. The summed E-state index contributed by atoms with van der Waals surface area (Å²) >= 11 is 0. The molecule has 0 saturated carbocycles. The number of benzene rings is 2. The lowest BCUT2D eigenvalue weighted by Crippen LogP contribution is -2.21. The standard InChI is InChI=1S/C17H20N10O/c18-15(19)26-22-9-11-1-5-13(6-2-11)24-17(28)25-14-7-3-12(4-8-14)10-23-27-16(20)21/h1-10H,(H4,18,19,26)(H4,20,21,27)(H2,24,25,28)/b22-9-,23-10+. The first-order chi connectivity index (χ1) is 13.4. The highest BCUT2D eigenvalue weighted by molar-refractivity contribution is 6.00. The zero-order valence-electron chi connectivity index (χ0n) is 14.8. The molecular formula is C17H20N10O. The zero-order chi connectivity index (χ0) is 20.4. The summed E-state index contributed by atoms with van der Waals surface area (Å²) < 4.78 is 0. The summed E-state index contributed by atoms with van der Waals surface area (Å²) in [5, 5.41) is 19.9. The van der Waals surface area contributed by atoms with Crippen LogP contribution < -0.4 is 33.6 Å². The highest BCUT2D eigenvalue weighted by atomic mass is 16.2. The minimum Gasteiger partial charge on any atom is -0.369 e. The first kappa shape index (κ1) is 19.9. The lowest BCUT2D eigenvalue weighted by molar-refractivity contribution is 0.262. The van der Waals surface area contributed by atoms with Crippen molar-refractivity contribution in [3.8, 4) is 0 Å². The Bertz CT molecular complexity index is 830. The maximum Gasteiger partial charge on any atom is 0.323 e. The molecule has 10 N–H and O–H groups in total. The van der Waals surface area contributed by atoms with Crippen molar-refractivity contribution in [1.82, 2.24) is 0 Å². The Morgan fingerprint density at radius 2 is 1.04 bits per heavy atom. The molecule has 2 aromatic rings. The molecule has 0 bridgehead atoms. The highest BCUT2D eigenvalue weighted by Crippen LogP contribution is 2.11. The molecule has 11 nitrogen and oxygen atoms in total. The molecule has 0 atom stereocenters. The van der Waals surface area contributed by atoms with E-state index in [-0.39, 0.29) is 18.0 Å². The van der Waals surface area contributed by atoms with Gasteiger partial charge in [0.15, 0.2) is 0 Å². The predicted molar refractivity (Wildman–Crippen MR) is 112 cm³/mol. The first-order valence-electron chi connectivity index (χ1n) is 7.94. The summed E-state index contributed by atoms with van der Waals surface area (Å²) in [6.45, 7) is 0. The summed E-state index contributed by atoms with van der Waals surface area (Å²) in [7, 11) is 0. The van der Waals surface area contributed by atoms with Crippen molar-refractivity contribution < 1.29 is 4.79 Å². The lowest BCUT2D eigenvalue weighted by atomic mass is 10.2. The van der Waals surface area contributed by atoms with E-state index < -0.39 is 0 Å². The fourth-order valence-corrected chi connectivity index (χ4v) is 1.92. The molecule has 0 aromatic heterocycles. The minimum absolute atomic E-state index is 0.125. The molecule has 2 amide bonds. The zero-order valence-corrected chi connectivity index (χ0v) is 14.8. The molecule has 0 fully saturated rings. The molecule has 2 rings (SSSR count). The van der Waals surface area contributed by atoms with Gasteiger partial charge in [-0.3, -0.25) is 0 Å². The molecule has 2 aromatic carbocycles. The number of anilines is 2. The summed E-state index contributed by atoms with van der Waals surface area (Å²) in [5.41, 5.74) is 23.5. The van der Waals surface area contributed by atoms with E-state index in [1.54, 1.807) is 48.5 Å². The molecule has 0 unspecified atom stereocenters.